The Morgan fingerprint density at radius 2 is 2.03 bits per heavy atom. The molecule has 1 saturated heterocycles. The lowest BCUT2D eigenvalue weighted by Crippen LogP contribution is -2.29. The van der Waals surface area contributed by atoms with E-state index in [1.165, 1.54) is 18.3 Å². The summed E-state index contributed by atoms with van der Waals surface area (Å²) in [6, 6.07) is 11.9. The van der Waals surface area contributed by atoms with Crippen molar-refractivity contribution in [3.05, 3.63) is 52.2 Å². The van der Waals surface area contributed by atoms with Gasteiger partial charge >= 0.3 is 0 Å². The molecule has 178 valence electrons. The number of benzene rings is 1. The minimum atomic E-state index is -0.421. The Bertz CT molecular complexity index is 1200. The Morgan fingerprint density at radius 1 is 1.24 bits per heavy atom. The van der Waals surface area contributed by atoms with Crippen LogP contribution in [0.25, 0.3) is 10.6 Å². The van der Waals surface area contributed by atoms with E-state index in [4.69, 9.17) is 0 Å². The van der Waals surface area contributed by atoms with Crippen molar-refractivity contribution < 1.29 is 14.4 Å². The van der Waals surface area contributed by atoms with Crippen LogP contribution in [0.5, 0.6) is 0 Å². The summed E-state index contributed by atoms with van der Waals surface area (Å²) >= 11 is 2.92. The molecule has 1 aliphatic rings. The van der Waals surface area contributed by atoms with Crippen LogP contribution < -0.4 is 15.5 Å². The normalized spacial score (nSPS) is 16.5. The predicted octanol–water partition coefficient (Wildman–Crippen LogP) is 5.01. The van der Waals surface area contributed by atoms with Crippen molar-refractivity contribution in [1.29, 1.82) is 0 Å². The van der Waals surface area contributed by atoms with Gasteiger partial charge in [0, 0.05) is 35.8 Å². The zero-order valence-corrected chi connectivity index (χ0v) is 21.1. The van der Waals surface area contributed by atoms with Gasteiger partial charge in [0.15, 0.2) is 5.13 Å². The van der Waals surface area contributed by atoms with Crippen LogP contribution in [0.1, 0.15) is 50.0 Å². The van der Waals surface area contributed by atoms with E-state index in [-0.39, 0.29) is 24.1 Å². The van der Waals surface area contributed by atoms with Gasteiger partial charge in [-0.3, -0.25) is 14.4 Å². The monoisotopic (exact) mass is 496 g/mol. The van der Waals surface area contributed by atoms with E-state index in [9.17, 15) is 14.4 Å². The molecule has 34 heavy (non-hydrogen) atoms. The summed E-state index contributed by atoms with van der Waals surface area (Å²) in [6.07, 6.45) is 1.17. The quantitative estimate of drug-likeness (QED) is 0.458. The largest absolute Gasteiger partial charge is 0.351 e. The lowest BCUT2D eigenvalue weighted by Gasteiger charge is -2.23. The van der Waals surface area contributed by atoms with Crippen LogP contribution >= 0.6 is 22.7 Å². The fourth-order valence-electron chi connectivity index (χ4n) is 3.96. The van der Waals surface area contributed by atoms with Crippen molar-refractivity contribution in [1.82, 2.24) is 10.3 Å². The molecule has 1 aromatic carbocycles. The van der Waals surface area contributed by atoms with Gasteiger partial charge in [0.25, 0.3) is 0 Å². The second-order valence-corrected chi connectivity index (χ2v) is 10.5. The van der Waals surface area contributed by atoms with Crippen LogP contribution in [0.2, 0.25) is 0 Å². The number of para-hydroxylation sites is 1. The zero-order valence-electron chi connectivity index (χ0n) is 19.5. The SMILES string of the molecule is CC[C@H](C)c1ccccc1N1C[C@H](C(=O)Nc2nc(-c3ccc(CNC(C)=O)s3)cs2)CC1=O. The summed E-state index contributed by atoms with van der Waals surface area (Å²) in [7, 11) is 0. The number of nitrogens with one attached hydrogen (secondary N) is 2. The highest BCUT2D eigenvalue weighted by molar-refractivity contribution is 7.17. The summed E-state index contributed by atoms with van der Waals surface area (Å²) in [4.78, 5) is 45.2. The molecular weight excluding hydrogens is 468 g/mol. The average molecular weight is 497 g/mol. The van der Waals surface area contributed by atoms with Crippen LogP contribution in [0.4, 0.5) is 10.8 Å². The molecule has 9 heteroatoms. The highest BCUT2D eigenvalue weighted by atomic mass is 32.1. The highest BCUT2D eigenvalue weighted by Crippen LogP contribution is 2.34. The Kier molecular flexibility index (Phi) is 7.43. The lowest BCUT2D eigenvalue weighted by molar-refractivity contribution is -0.122. The first-order valence-electron chi connectivity index (χ1n) is 11.3. The fraction of sp³-hybridized carbons (Fsp3) is 0.360. The molecule has 7 nitrogen and oxygen atoms in total. The molecule has 2 N–H and O–H groups in total. The summed E-state index contributed by atoms with van der Waals surface area (Å²) in [5.41, 5.74) is 2.82. The number of hydrogen-bond donors (Lipinski definition) is 2. The molecule has 2 aromatic heterocycles. The van der Waals surface area contributed by atoms with Gasteiger partial charge in [-0.1, -0.05) is 32.0 Å². The van der Waals surface area contributed by atoms with Crippen LogP contribution in [-0.2, 0) is 20.9 Å². The van der Waals surface area contributed by atoms with Crippen molar-refractivity contribution in [3.8, 4) is 10.6 Å². The standard InChI is InChI=1S/C25H28N4O3S2/c1-4-15(2)19-7-5-6-8-21(19)29-13-17(11-23(29)31)24(32)28-25-27-20(14-33-25)22-10-9-18(34-22)12-26-16(3)30/h5-10,14-15,17H,4,11-13H2,1-3H3,(H,26,30)(H,27,28,32)/t15-,17+/m0/s1. The zero-order chi connectivity index (χ0) is 24.2. The lowest BCUT2D eigenvalue weighted by atomic mass is 9.96. The van der Waals surface area contributed by atoms with E-state index in [0.717, 1.165) is 33.1 Å². The molecule has 3 amide bonds. The third-order valence-electron chi connectivity index (χ3n) is 6.03. The van der Waals surface area contributed by atoms with E-state index in [1.54, 1.807) is 16.2 Å². The number of nitrogens with zero attached hydrogens (tertiary/aromatic N) is 2. The Morgan fingerprint density at radius 3 is 2.79 bits per heavy atom. The first kappa shape index (κ1) is 24.1. The van der Waals surface area contributed by atoms with E-state index in [1.807, 2.05) is 35.7 Å². The maximum absolute atomic E-state index is 13.0. The Hall–Kier alpha value is -3.04. The average Bonchev–Trinajstić information content (AvgIpc) is 3.57. The molecule has 1 fully saturated rings. The molecule has 3 aromatic rings. The number of rotatable bonds is 8. The molecule has 0 unspecified atom stereocenters. The van der Waals surface area contributed by atoms with Gasteiger partial charge < -0.3 is 15.5 Å². The molecule has 3 heterocycles. The summed E-state index contributed by atoms with van der Waals surface area (Å²) in [6.45, 7) is 6.63. The smallest absolute Gasteiger partial charge is 0.231 e. The van der Waals surface area contributed by atoms with Crippen molar-refractivity contribution >= 4 is 51.2 Å². The summed E-state index contributed by atoms with van der Waals surface area (Å²) in [5, 5.41) is 8.10. The van der Waals surface area contributed by atoms with Crippen LogP contribution in [0, 0.1) is 5.92 Å². The first-order valence-corrected chi connectivity index (χ1v) is 13.0. The van der Waals surface area contributed by atoms with Crippen LogP contribution in [0.3, 0.4) is 0 Å². The second-order valence-electron chi connectivity index (χ2n) is 8.48. The molecule has 1 aliphatic heterocycles. The van der Waals surface area contributed by atoms with Gasteiger partial charge in [-0.05, 0) is 36.1 Å². The van der Waals surface area contributed by atoms with Crippen molar-refractivity contribution in [2.45, 2.75) is 46.1 Å². The number of amides is 3. The number of anilines is 2. The number of hydrogen-bond acceptors (Lipinski definition) is 6. The number of carbonyl (C=O) groups is 3. The second kappa shape index (κ2) is 10.5. The minimum Gasteiger partial charge on any atom is -0.351 e. The molecule has 0 bridgehead atoms. The van der Waals surface area contributed by atoms with Crippen LogP contribution in [-0.4, -0.2) is 29.3 Å². The number of aromatic nitrogens is 1. The van der Waals surface area contributed by atoms with E-state index >= 15 is 0 Å². The van der Waals surface area contributed by atoms with Crippen molar-refractivity contribution in [3.63, 3.8) is 0 Å². The van der Waals surface area contributed by atoms with E-state index in [2.05, 4.69) is 35.5 Å². The van der Waals surface area contributed by atoms with E-state index < -0.39 is 5.92 Å². The molecule has 0 spiro atoms. The number of thiazole rings is 1. The third-order valence-corrected chi connectivity index (χ3v) is 7.89. The molecule has 0 radical (unpaired) electrons. The Balaban J connectivity index is 1.41. The van der Waals surface area contributed by atoms with Gasteiger partial charge in [-0.25, -0.2) is 4.98 Å². The predicted molar refractivity (Wildman–Crippen MR) is 137 cm³/mol. The number of carbonyl (C=O) groups excluding carboxylic acids is 3. The maximum atomic E-state index is 13.0. The fourth-order valence-corrected chi connectivity index (χ4v) is 5.66. The number of thiophene rings is 1. The van der Waals surface area contributed by atoms with Crippen LogP contribution in [0.15, 0.2) is 41.8 Å². The van der Waals surface area contributed by atoms with Gasteiger partial charge in [-0.2, -0.15) is 0 Å². The molecule has 4 rings (SSSR count). The molecule has 0 aliphatic carbocycles. The van der Waals surface area contributed by atoms with Gasteiger partial charge in [0.2, 0.25) is 17.7 Å². The first-order chi connectivity index (χ1) is 16.4. The summed E-state index contributed by atoms with van der Waals surface area (Å²) < 4.78 is 0. The minimum absolute atomic E-state index is 0.0268. The van der Waals surface area contributed by atoms with Gasteiger partial charge in [0.05, 0.1) is 23.0 Å². The molecule has 2 atom stereocenters. The van der Waals surface area contributed by atoms with Crippen molar-refractivity contribution in [2.75, 3.05) is 16.8 Å². The molecule has 0 saturated carbocycles. The maximum Gasteiger partial charge on any atom is 0.231 e. The van der Waals surface area contributed by atoms with E-state index in [0.29, 0.717) is 24.1 Å². The topological polar surface area (TPSA) is 91.4 Å². The highest BCUT2D eigenvalue weighted by Gasteiger charge is 2.36. The molecular formula is C25H28N4O3S2. The van der Waals surface area contributed by atoms with Gasteiger partial charge in [0.1, 0.15) is 0 Å². The summed E-state index contributed by atoms with van der Waals surface area (Å²) in [5.74, 6) is -0.366. The Labute approximate surface area is 207 Å². The third kappa shape index (κ3) is 5.37. The van der Waals surface area contributed by atoms with Gasteiger partial charge in [-0.15, -0.1) is 22.7 Å². The van der Waals surface area contributed by atoms with Crippen molar-refractivity contribution in [2.24, 2.45) is 5.92 Å².